The van der Waals surface area contributed by atoms with Crippen LogP contribution >= 0.6 is 0 Å². The molecule has 0 aliphatic heterocycles. The van der Waals surface area contributed by atoms with E-state index in [1.807, 2.05) is 6.08 Å². The van der Waals surface area contributed by atoms with Crippen LogP contribution in [0.5, 0.6) is 0 Å². The van der Waals surface area contributed by atoms with Crippen LogP contribution < -0.4 is 5.32 Å². The normalized spacial score (nSPS) is 12.6. The first-order valence-corrected chi connectivity index (χ1v) is 38.6. The van der Waals surface area contributed by atoms with Gasteiger partial charge in [-0.2, -0.15) is 0 Å². The molecule has 0 aromatic rings. The zero-order valence-electron chi connectivity index (χ0n) is 57.2. The zero-order valence-corrected chi connectivity index (χ0v) is 57.2. The molecule has 1 amide bonds. The van der Waals surface area contributed by atoms with E-state index < -0.39 is 12.1 Å². The van der Waals surface area contributed by atoms with E-state index in [1.165, 1.54) is 372 Å². The summed E-state index contributed by atoms with van der Waals surface area (Å²) < 4.78 is 5.52. The Kier molecular flexibility index (Phi) is 72.3. The summed E-state index contributed by atoms with van der Waals surface area (Å²) in [5.74, 6) is -0.0495. The Morgan fingerprint density at radius 1 is 0.321 bits per heavy atom. The van der Waals surface area contributed by atoms with Gasteiger partial charge in [0.15, 0.2) is 0 Å². The third-order valence-corrected chi connectivity index (χ3v) is 18.2. The minimum absolute atomic E-state index is 0.0180. The third-order valence-electron chi connectivity index (χ3n) is 18.2. The van der Waals surface area contributed by atoms with Gasteiger partial charge >= 0.3 is 5.97 Å². The summed E-state index contributed by atoms with van der Waals surface area (Å²) in [6, 6.07) is -0.633. The molecule has 0 bridgehead atoms. The molecule has 2 atom stereocenters. The summed E-state index contributed by atoms with van der Waals surface area (Å²) >= 11 is 0. The number of carbonyl (C=O) groups excluding carboxylic acids is 2. The van der Waals surface area contributed by atoms with E-state index in [-0.39, 0.29) is 18.5 Å². The second-order valence-electron chi connectivity index (χ2n) is 26.7. The number of esters is 1. The summed E-state index contributed by atoms with van der Waals surface area (Å²) in [5, 5.41) is 23.3. The maximum absolute atomic E-state index is 12.5. The number of aliphatic hydroxyl groups excluding tert-OH is 2. The van der Waals surface area contributed by atoms with E-state index in [1.54, 1.807) is 6.08 Å². The molecule has 0 aromatic carbocycles. The Morgan fingerprint density at radius 2 is 0.560 bits per heavy atom. The molecule has 0 radical (unpaired) electrons. The third kappa shape index (κ3) is 69.4. The van der Waals surface area contributed by atoms with E-state index in [0.29, 0.717) is 19.4 Å². The van der Waals surface area contributed by atoms with Gasteiger partial charge in [0, 0.05) is 12.8 Å². The van der Waals surface area contributed by atoms with Crippen LogP contribution in [0.1, 0.15) is 438 Å². The number of nitrogens with one attached hydrogen (secondary N) is 1. The van der Waals surface area contributed by atoms with E-state index in [9.17, 15) is 19.8 Å². The van der Waals surface area contributed by atoms with Crippen LogP contribution in [0.3, 0.4) is 0 Å². The first-order valence-electron chi connectivity index (χ1n) is 38.6. The zero-order chi connectivity index (χ0) is 60.6. The quantitative estimate of drug-likeness (QED) is 0.0320. The number of aliphatic hydroxyl groups is 2. The highest BCUT2D eigenvalue weighted by Crippen LogP contribution is 2.20. The van der Waals surface area contributed by atoms with Gasteiger partial charge in [-0.05, 0) is 57.8 Å². The van der Waals surface area contributed by atoms with Crippen molar-refractivity contribution in [3.05, 3.63) is 24.3 Å². The maximum atomic E-state index is 12.5. The first-order chi connectivity index (χ1) is 41.5. The van der Waals surface area contributed by atoms with Crippen LogP contribution in [-0.4, -0.2) is 47.4 Å². The van der Waals surface area contributed by atoms with Gasteiger partial charge in [0.05, 0.1) is 25.4 Å². The predicted octanol–water partition coefficient (Wildman–Crippen LogP) is 25.3. The SMILES string of the molecule is CCCCCCCCCCCCCCCCCCCCCCCC/C=C/C(O)C(CO)NC(=O)CCCCCCCCCC/C=C\CCCCCCCCCCCCCCOC(=O)CCCCCCCCCCCCCCCCCCCCC. The number of unbranched alkanes of at least 4 members (excludes halogenated alkanes) is 60. The molecule has 3 N–H and O–H groups in total. The molecule has 0 fully saturated rings. The van der Waals surface area contributed by atoms with Crippen molar-refractivity contribution in [2.24, 2.45) is 0 Å². The number of allylic oxidation sites excluding steroid dienone is 3. The monoisotopic (exact) mass is 1180 g/mol. The highest BCUT2D eigenvalue weighted by molar-refractivity contribution is 5.76. The van der Waals surface area contributed by atoms with Crippen molar-refractivity contribution < 1.29 is 24.5 Å². The van der Waals surface area contributed by atoms with Crippen LogP contribution in [0.15, 0.2) is 24.3 Å². The number of ether oxygens (including phenoxy) is 1. The lowest BCUT2D eigenvalue weighted by molar-refractivity contribution is -0.143. The van der Waals surface area contributed by atoms with Gasteiger partial charge < -0.3 is 20.3 Å². The Balaban J connectivity index is 3.40. The Bertz CT molecular complexity index is 1320. The average molecular weight is 1180 g/mol. The Labute approximate surface area is 526 Å². The molecule has 0 aromatic heterocycles. The lowest BCUT2D eigenvalue weighted by atomic mass is 10.0. The number of rotatable bonds is 73. The first kappa shape index (κ1) is 82.3. The number of carbonyl (C=O) groups is 2. The Morgan fingerprint density at radius 3 is 0.845 bits per heavy atom. The fourth-order valence-electron chi connectivity index (χ4n) is 12.3. The van der Waals surface area contributed by atoms with Gasteiger partial charge in [0.25, 0.3) is 0 Å². The second-order valence-corrected chi connectivity index (χ2v) is 26.7. The van der Waals surface area contributed by atoms with Gasteiger partial charge in [-0.3, -0.25) is 9.59 Å². The standard InChI is InChI=1S/C78H151NO5/c1-3-5-7-9-11-13-15-17-19-21-23-24-25-28-31-35-38-42-46-50-54-58-62-66-70-76(81)75(74-80)79-77(82)71-67-63-59-55-51-47-43-39-36-32-29-26-27-30-33-37-41-45-49-53-57-61-65-69-73-84-78(83)72-68-64-60-56-52-48-44-40-34-22-20-18-16-14-12-10-8-6-4-2/h29,32,66,70,75-76,80-81H,3-28,30-31,33-65,67-69,71-74H2,1-2H3,(H,79,82)/b32-29-,70-66+. The summed E-state index contributed by atoms with van der Waals surface area (Å²) in [4.78, 5) is 24.7. The molecular weight excluding hydrogens is 1030 g/mol. The van der Waals surface area contributed by atoms with Crippen LogP contribution in [0.25, 0.3) is 0 Å². The second kappa shape index (κ2) is 73.8. The van der Waals surface area contributed by atoms with Gasteiger partial charge in [-0.15, -0.1) is 0 Å². The lowest BCUT2D eigenvalue weighted by Gasteiger charge is -2.20. The maximum Gasteiger partial charge on any atom is 0.305 e. The fraction of sp³-hybridized carbons (Fsp3) is 0.923. The molecular formula is C78H151NO5. The molecule has 0 spiro atoms. The van der Waals surface area contributed by atoms with Crippen molar-refractivity contribution in [2.45, 2.75) is 450 Å². The van der Waals surface area contributed by atoms with Gasteiger partial charge in [0.1, 0.15) is 0 Å². The number of hydrogen-bond donors (Lipinski definition) is 3. The van der Waals surface area contributed by atoms with Crippen molar-refractivity contribution in [3.63, 3.8) is 0 Å². The molecule has 6 heteroatoms. The van der Waals surface area contributed by atoms with Crippen molar-refractivity contribution >= 4 is 11.9 Å². The van der Waals surface area contributed by atoms with Crippen molar-refractivity contribution in [2.75, 3.05) is 13.2 Å². The minimum atomic E-state index is -0.849. The molecule has 498 valence electrons. The molecule has 0 saturated heterocycles. The summed E-state index contributed by atoms with van der Waals surface area (Å²) in [6.45, 7) is 4.96. The number of amides is 1. The smallest absolute Gasteiger partial charge is 0.305 e. The van der Waals surface area contributed by atoms with Gasteiger partial charge in [0.2, 0.25) is 5.91 Å². The van der Waals surface area contributed by atoms with Gasteiger partial charge in [-0.25, -0.2) is 0 Å². The highest BCUT2D eigenvalue weighted by atomic mass is 16.5. The molecule has 0 heterocycles. The lowest BCUT2D eigenvalue weighted by Crippen LogP contribution is -2.45. The molecule has 84 heavy (non-hydrogen) atoms. The molecule has 0 aliphatic carbocycles. The largest absolute Gasteiger partial charge is 0.466 e. The van der Waals surface area contributed by atoms with E-state index in [0.717, 1.165) is 38.5 Å². The van der Waals surface area contributed by atoms with Crippen molar-refractivity contribution in [1.29, 1.82) is 0 Å². The van der Waals surface area contributed by atoms with Crippen LogP contribution in [-0.2, 0) is 14.3 Å². The summed E-state index contributed by atoms with van der Waals surface area (Å²) in [7, 11) is 0. The minimum Gasteiger partial charge on any atom is -0.466 e. The molecule has 0 aliphatic rings. The molecule has 6 nitrogen and oxygen atoms in total. The van der Waals surface area contributed by atoms with E-state index in [2.05, 4.69) is 31.3 Å². The molecule has 0 saturated carbocycles. The molecule has 2 unspecified atom stereocenters. The van der Waals surface area contributed by atoms with Crippen molar-refractivity contribution in [1.82, 2.24) is 5.32 Å². The highest BCUT2D eigenvalue weighted by Gasteiger charge is 2.18. The summed E-state index contributed by atoms with van der Waals surface area (Å²) in [5.41, 5.74) is 0. The average Bonchev–Trinajstić information content (AvgIpc) is 3.51. The topological polar surface area (TPSA) is 95.9 Å². The van der Waals surface area contributed by atoms with E-state index in [4.69, 9.17) is 4.74 Å². The number of hydrogen-bond acceptors (Lipinski definition) is 5. The van der Waals surface area contributed by atoms with E-state index >= 15 is 0 Å². The Hall–Kier alpha value is -1.66. The molecule has 0 rings (SSSR count). The van der Waals surface area contributed by atoms with Crippen LogP contribution in [0.4, 0.5) is 0 Å². The van der Waals surface area contributed by atoms with Crippen molar-refractivity contribution in [3.8, 4) is 0 Å². The predicted molar refractivity (Wildman–Crippen MR) is 370 cm³/mol. The van der Waals surface area contributed by atoms with Crippen LogP contribution in [0.2, 0.25) is 0 Å². The summed E-state index contributed by atoms with van der Waals surface area (Å²) in [6.07, 6.45) is 94.2. The fourth-order valence-corrected chi connectivity index (χ4v) is 12.3. The van der Waals surface area contributed by atoms with Crippen LogP contribution in [0, 0.1) is 0 Å². The van der Waals surface area contributed by atoms with Gasteiger partial charge in [-0.1, -0.05) is 391 Å².